The molecule has 2 heterocycles. The zero-order chi connectivity index (χ0) is 21.3. The molecule has 8 nitrogen and oxygen atoms in total. The minimum absolute atomic E-state index is 0.0299. The van der Waals surface area contributed by atoms with Crippen molar-refractivity contribution in [2.24, 2.45) is 5.92 Å². The number of nitrogens with zero attached hydrogens (tertiary/aromatic N) is 1. The zero-order valence-corrected chi connectivity index (χ0v) is 17.2. The van der Waals surface area contributed by atoms with Crippen molar-refractivity contribution in [2.45, 2.75) is 19.4 Å². The fourth-order valence-corrected chi connectivity index (χ4v) is 3.80. The molecule has 1 saturated heterocycles. The van der Waals surface area contributed by atoms with Crippen LogP contribution >= 0.6 is 11.3 Å². The summed E-state index contributed by atoms with van der Waals surface area (Å²) in [5.74, 6) is -1.58. The van der Waals surface area contributed by atoms with Crippen molar-refractivity contribution >= 4 is 35.2 Å². The molecule has 2 N–H and O–H groups in total. The number of likely N-dealkylation sites (tertiary alicyclic amines) is 1. The maximum absolute atomic E-state index is 12.3. The third-order valence-electron chi connectivity index (χ3n) is 4.74. The van der Waals surface area contributed by atoms with Gasteiger partial charge in [-0.3, -0.25) is 19.7 Å². The van der Waals surface area contributed by atoms with Gasteiger partial charge < -0.3 is 15.0 Å². The van der Waals surface area contributed by atoms with Crippen LogP contribution in [0.25, 0.3) is 0 Å². The minimum atomic E-state index is -0.695. The Kier molecular flexibility index (Phi) is 7.56. The Labute approximate surface area is 178 Å². The van der Waals surface area contributed by atoms with Gasteiger partial charge in [-0.15, -0.1) is 11.3 Å². The van der Waals surface area contributed by atoms with Crippen molar-refractivity contribution in [1.82, 2.24) is 15.5 Å². The molecule has 1 fully saturated rings. The molecule has 0 atom stereocenters. The molecule has 30 heavy (non-hydrogen) atoms. The number of piperidine rings is 1. The van der Waals surface area contributed by atoms with Gasteiger partial charge in [0.1, 0.15) is 0 Å². The average molecular weight is 429 g/mol. The predicted octanol–water partition coefficient (Wildman–Crippen LogP) is 2.17. The number of carbonyl (C=O) groups is 4. The summed E-state index contributed by atoms with van der Waals surface area (Å²) < 4.78 is 5.04. The molecule has 1 aliphatic heterocycles. The zero-order valence-electron chi connectivity index (χ0n) is 16.3. The highest BCUT2D eigenvalue weighted by Gasteiger charge is 2.29. The molecule has 9 heteroatoms. The van der Waals surface area contributed by atoms with Crippen molar-refractivity contribution in [3.05, 3.63) is 58.3 Å². The van der Waals surface area contributed by atoms with Gasteiger partial charge >= 0.3 is 12.0 Å². The van der Waals surface area contributed by atoms with Gasteiger partial charge in [0.05, 0.1) is 10.8 Å². The second kappa shape index (κ2) is 10.5. The van der Waals surface area contributed by atoms with Crippen LogP contribution in [-0.4, -0.2) is 48.4 Å². The molecule has 0 unspecified atom stereocenters. The number of thiophene rings is 1. The molecule has 4 amide bonds. The fourth-order valence-electron chi connectivity index (χ4n) is 3.11. The molecule has 0 aliphatic carbocycles. The van der Waals surface area contributed by atoms with Crippen molar-refractivity contribution in [3.8, 4) is 0 Å². The summed E-state index contributed by atoms with van der Waals surface area (Å²) in [6.07, 6.45) is 0.963. The summed E-state index contributed by atoms with van der Waals surface area (Å²) in [4.78, 5) is 50.5. The number of benzene rings is 1. The van der Waals surface area contributed by atoms with Crippen LogP contribution in [0.3, 0.4) is 0 Å². The number of imide groups is 1. The molecule has 0 radical (unpaired) electrons. The van der Waals surface area contributed by atoms with Crippen LogP contribution in [0, 0.1) is 5.92 Å². The Morgan fingerprint density at radius 1 is 1.03 bits per heavy atom. The molecule has 1 aliphatic rings. The topological polar surface area (TPSA) is 105 Å². The standard InChI is InChI=1S/C21H23N3O5S/c25-18(23-21(28)22-13-15-5-2-1-3-6-15)14-29-20(27)16-8-10-24(11-9-16)19(26)17-7-4-12-30-17/h1-7,12,16H,8-11,13-14H2,(H2,22,23,25,28). The lowest BCUT2D eigenvalue weighted by molar-refractivity contribution is -0.153. The van der Waals surface area contributed by atoms with E-state index < -0.39 is 24.5 Å². The first kappa shape index (κ1) is 21.5. The van der Waals surface area contributed by atoms with Gasteiger partial charge in [-0.1, -0.05) is 36.4 Å². The highest BCUT2D eigenvalue weighted by molar-refractivity contribution is 7.12. The highest BCUT2D eigenvalue weighted by atomic mass is 32.1. The van der Waals surface area contributed by atoms with E-state index in [1.165, 1.54) is 11.3 Å². The number of hydrogen-bond donors (Lipinski definition) is 2. The number of ether oxygens (including phenoxy) is 1. The number of rotatable bonds is 6. The van der Waals surface area contributed by atoms with E-state index in [4.69, 9.17) is 4.74 Å². The third-order valence-corrected chi connectivity index (χ3v) is 5.60. The molecule has 158 valence electrons. The fraction of sp³-hybridized carbons (Fsp3) is 0.333. The van der Waals surface area contributed by atoms with E-state index in [9.17, 15) is 19.2 Å². The van der Waals surface area contributed by atoms with Crippen LogP contribution < -0.4 is 10.6 Å². The van der Waals surface area contributed by atoms with Crippen LogP contribution in [0.1, 0.15) is 28.1 Å². The number of hydrogen-bond acceptors (Lipinski definition) is 6. The van der Waals surface area contributed by atoms with Gasteiger partial charge in [0.15, 0.2) is 6.61 Å². The monoisotopic (exact) mass is 429 g/mol. The Balaban J connectivity index is 1.33. The summed E-state index contributed by atoms with van der Waals surface area (Å²) in [5.41, 5.74) is 0.899. The van der Waals surface area contributed by atoms with Gasteiger partial charge in [0, 0.05) is 19.6 Å². The van der Waals surface area contributed by atoms with E-state index in [2.05, 4.69) is 10.6 Å². The van der Waals surface area contributed by atoms with Crippen molar-refractivity contribution < 1.29 is 23.9 Å². The first-order valence-electron chi connectivity index (χ1n) is 9.64. The normalized spacial score (nSPS) is 14.1. The van der Waals surface area contributed by atoms with Gasteiger partial charge in [0.2, 0.25) is 0 Å². The Hall–Kier alpha value is -3.20. The lowest BCUT2D eigenvalue weighted by atomic mass is 9.97. The number of urea groups is 1. The van der Waals surface area contributed by atoms with E-state index in [1.54, 1.807) is 11.0 Å². The molecule has 3 rings (SSSR count). The van der Waals surface area contributed by atoms with E-state index in [1.807, 2.05) is 41.8 Å². The summed E-state index contributed by atoms with van der Waals surface area (Å²) in [6, 6.07) is 12.2. The largest absolute Gasteiger partial charge is 0.455 e. The summed E-state index contributed by atoms with van der Waals surface area (Å²) in [6.45, 7) is 0.684. The predicted molar refractivity (Wildman–Crippen MR) is 111 cm³/mol. The maximum Gasteiger partial charge on any atom is 0.321 e. The van der Waals surface area contributed by atoms with Gasteiger partial charge in [-0.25, -0.2) is 4.79 Å². The van der Waals surface area contributed by atoms with Crippen LogP contribution in [-0.2, 0) is 20.9 Å². The number of carbonyl (C=O) groups excluding carboxylic acids is 4. The first-order valence-corrected chi connectivity index (χ1v) is 10.5. The van der Waals surface area contributed by atoms with Gasteiger partial charge in [-0.05, 0) is 29.9 Å². The van der Waals surface area contributed by atoms with E-state index in [-0.39, 0.29) is 18.4 Å². The lowest BCUT2D eigenvalue weighted by Gasteiger charge is -2.30. The Morgan fingerprint density at radius 2 is 1.77 bits per heavy atom. The van der Waals surface area contributed by atoms with Gasteiger partial charge in [-0.2, -0.15) is 0 Å². The number of nitrogens with one attached hydrogen (secondary N) is 2. The van der Waals surface area contributed by atoms with Crippen molar-refractivity contribution in [1.29, 1.82) is 0 Å². The van der Waals surface area contributed by atoms with Crippen LogP contribution in [0.2, 0.25) is 0 Å². The number of esters is 1. The van der Waals surface area contributed by atoms with Crippen molar-refractivity contribution in [3.63, 3.8) is 0 Å². The molecule has 0 bridgehead atoms. The molecule has 0 saturated carbocycles. The molecule has 1 aromatic heterocycles. The second-order valence-corrected chi connectivity index (χ2v) is 7.82. The van der Waals surface area contributed by atoms with E-state index >= 15 is 0 Å². The molecular weight excluding hydrogens is 406 g/mol. The SMILES string of the molecule is O=C(COC(=O)C1CCN(C(=O)c2cccs2)CC1)NC(=O)NCc1ccccc1. The van der Waals surface area contributed by atoms with E-state index in [0.29, 0.717) is 30.8 Å². The maximum atomic E-state index is 12.3. The summed E-state index contributed by atoms with van der Waals surface area (Å²) in [7, 11) is 0. The smallest absolute Gasteiger partial charge is 0.321 e. The first-order chi connectivity index (χ1) is 14.5. The Bertz CT molecular complexity index is 877. The second-order valence-electron chi connectivity index (χ2n) is 6.87. The summed E-state index contributed by atoms with van der Waals surface area (Å²) >= 11 is 1.39. The van der Waals surface area contributed by atoms with Crippen LogP contribution in [0.5, 0.6) is 0 Å². The molecule has 0 spiro atoms. The van der Waals surface area contributed by atoms with E-state index in [0.717, 1.165) is 5.56 Å². The van der Waals surface area contributed by atoms with Crippen LogP contribution in [0.4, 0.5) is 4.79 Å². The van der Waals surface area contributed by atoms with Crippen LogP contribution in [0.15, 0.2) is 47.8 Å². The molecular formula is C21H23N3O5S. The quantitative estimate of drug-likeness (QED) is 0.685. The van der Waals surface area contributed by atoms with Gasteiger partial charge in [0.25, 0.3) is 11.8 Å². The number of amides is 4. The summed E-state index contributed by atoms with van der Waals surface area (Å²) in [5, 5.41) is 6.54. The lowest BCUT2D eigenvalue weighted by Crippen LogP contribution is -2.42. The molecule has 2 aromatic rings. The highest BCUT2D eigenvalue weighted by Crippen LogP contribution is 2.21. The Morgan fingerprint density at radius 3 is 2.43 bits per heavy atom. The third kappa shape index (κ3) is 6.15. The minimum Gasteiger partial charge on any atom is -0.455 e. The average Bonchev–Trinajstić information content (AvgIpc) is 3.31. The van der Waals surface area contributed by atoms with Crippen molar-refractivity contribution in [2.75, 3.05) is 19.7 Å². The molecule has 1 aromatic carbocycles.